The van der Waals surface area contributed by atoms with Crippen LogP contribution in [0.1, 0.15) is 5.56 Å². The SMILES string of the molecule is COc1ccc(-c2cc3ncc(OC(F)F)nc3cc2C(F)(F)F)cc1. The van der Waals surface area contributed by atoms with Crippen LogP contribution in [0, 0.1) is 0 Å². The maximum Gasteiger partial charge on any atom is 0.417 e. The second-order valence-electron chi connectivity index (χ2n) is 5.20. The number of hydrogen-bond acceptors (Lipinski definition) is 4. The van der Waals surface area contributed by atoms with Gasteiger partial charge in [0.25, 0.3) is 0 Å². The molecule has 0 saturated carbocycles. The largest absolute Gasteiger partial charge is 0.497 e. The van der Waals surface area contributed by atoms with E-state index in [1.54, 1.807) is 0 Å². The van der Waals surface area contributed by atoms with Gasteiger partial charge < -0.3 is 9.47 Å². The quantitative estimate of drug-likeness (QED) is 0.611. The molecule has 1 heterocycles. The van der Waals surface area contributed by atoms with Crippen LogP contribution in [0.25, 0.3) is 22.2 Å². The minimum atomic E-state index is -4.68. The van der Waals surface area contributed by atoms with Crippen LogP contribution in [0.15, 0.2) is 42.6 Å². The number of methoxy groups -OCH3 is 1. The summed E-state index contributed by atoms with van der Waals surface area (Å²) >= 11 is 0. The van der Waals surface area contributed by atoms with Crippen LogP contribution in [-0.2, 0) is 6.18 Å². The number of hydrogen-bond donors (Lipinski definition) is 0. The average Bonchev–Trinajstić information content (AvgIpc) is 2.59. The van der Waals surface area contributed by atoms with Crippen LogP contribution in [0.2, 0.25) is 0 Å². The Morgan fingerprint density at radius 2 is 1.69 bits per heavy atom. The molecule has 136 valence electrons. The molecule has 0 atom stereocenters. The van der Waals surface area contributed by atoms with Gasteiger partial charge in [0.1, 0.15) is 5.75 Å². The molecule has 0 aliphatic heterocycles. The molecule has 0 aliphatic carbocycles. The molecule has 3 aromatic rings. The van der Waals surface area contributed by atoms with E-state index in [-0.39, 0.29) is 16.6 Å². The molecule has 0 saturated heterocycles. The standard InChI is InChI=1S/C17H11F5N2O2/c1-25-10-4-2-9(3-5-10)11-6-13-14(7-12(11)17(20,21)22)24-15(8-23-13)26-16(18)19/h2-8,16H,1H3. The zero-order valence-electron chi connectivity index (χ0n) is 13.2. The van der Waals surface area contributed by atoms with Crippen molar-refractivity contribution in [3.8, 4) is 22.8 Å². The van der Waals surface area contributed by atoms with Crippen molar-refractivity contribution in [2.24, 2.45) is 0 Å². The molecule has 9 heteroatoms. The van der Waals surface area contributed by atoms with E-state index in [1.807, 2.05) is 0 Å². The summed E-state index contributed by atoms with van der Waals surface area (Å²) in [7, 11) is 1.45. The Morgan fingerprint density at radius 1 is 1.00 bits per heavy atom. The lowest BCUT2D eigenvalue weighted by atomic mass is 9.98. The summed E-state index contributed by atoms with van der Waals surface area (Å²) in [4.78, 5) is 7.53. The number of aromatic nitrogens is 2. The van der Waals surface area contributed by atoms with Crippen molar-refractivity contribution in [1.82, 2.24) is 9.97 Å². The van der Waals surface area contributed by atoms with Crippen molar-refractivity contribution < 1.29 is 31.4 Å². The zero-order valence-corrected chi connectivity index (χ0v) is 13.2. The number of benzene rings is 2. The Labute approximate surface area is 144 Å². The van der Waals surface area contributed by atoms with Gasteiger partial charge in [0.2, 0.25) is 5.88 Å². The fourth-order valence-corrected chi connectivity index (χ4v) is 2.43. The van der Waals surface area contributed by atoms with Crippen LogP contribution in [0.4, 0.5) is 22.0 Å². The van der Waals surface area contributed by atoms with Gasteiger partial charge in [-0.3, -0.25) is 0 Å². The first-order chi connectivity index (χ1) is 12.3. The van der Waals surface area contributed by atoms with Gasteiger partial charge in [-0.25, -0.2) is 9.97 Å². The van der Waals surface area contributed by atoms with Gasteiger partial charge in [0.15, 0.2) is 0 Å². The lowest BCUT2D eigenvalue weighted by Crippen LogP contribution is -2.08. The molecule has 2 aromatic carbocycles. The van der Waals surface area contributed by atoms with E-state index in [1.165, 1.54) is 37.4 Å². The summed E-state index contributed by atoms with van der Waals surface area (Å²) in [5.74, 6) is -0.0606. The van der Waals surface area contributed by atoms with E-state index < -0.39 is 24.2 Å². The Hall–Kier alpha value is -2.97. The van der Waals surface area contributed by atoms with E-state index in [2.05, 4.69) is 14.7 Å². The number of alkyl halides is 5. The van der Waals surface area contributed by atoms with Gasteiger partial charge in [-0.15, -0.1) is 0 Å². The van der Waals surface area contributed by atoms with Crippen molar-refractivity contribution in [1.29, 1.82) is 0 Å². The van der Waals surface area contributed by atoms with E-state index >= 15 is 0 Å². The first-order valence-corrected chi connectivity index (χ1v) is 7.25. The third-order valence-electron chi connectivity index (χ3n) is 3.58. The second kappa shape index (κ2) is 6.74. The third-order valence-corrected chi connectivity index (χ3v) is 3.58. The van der Waals surface area contributed by atoms with Gasteiger partial charge in [-0.1, -0.05) is 12.1 Å². The van der Waals surface area contributed by atoms with Gasteiger partial charge in [0, 0.05) is 0 Å². The maximum absolute atomic E-state index is 13.5. The smallest absolute Gasteiger partial charge is 0.417 e. The molecule has 3 rings (SSSR count). The molecular formula is C17H11F5N2O2. The highest BCUT2D eigenvalue weighted by Crippen LogP contribution is 2.39. The highest BCUT2D eigenvalue weighted by molar-refractivity contribution is 5.84. The third kappa shape index (κ3) is 3.66. The summed E-state index contributed by atoms with van der Waals surface area (Å²) in [6.45, 7) is -3.15. The molecule has 1 aromatic heterocycles. The molecule has 0 bridgehead atoms. The highest BCUT2D eigenvalue weighted by atomic mass is 19.4. The van der Waals surface area contributed by atoms with Crippen molar-refractivity contribution in [3.63, 3.8) is 0 Å². The molecule has 0 aliphatic rings. The summed E-state index contributed by atoms with van der Waals surface area (Å²) in [5, 5.41) is 0. The summed E-state index contributed by atoms with van der Waals surface area (Å²) < 4.78 is 74.1. The minimum absolute atomic E-state index is 0.107. The van der Waals surface area contributed by atoms with Crippen LogP contribution in [0.5, 0.6) is 11.6 Å². The molecule has 0 amide bonds. The summed E-state index contributed by atoms with van der Waals surface area (Å²) in [6, 6.07) is 8.00. The van der Waals surface area contributed by atoms with Crippen molar-refractivity contribution >= 4 is 11.0 Å². The van der Waals surface area contributed by atoms with Gasteiger partial charge in [-0.2, -0.15) is 22.0 Å². The molecular weight excluding hydrogens is 359 g/mol. The Kier molecular flexibility index (Phi) is 4.62. The minimum Gasteiger partial charge on any atom is -0.497 e. The number of nitrogens with zero attached hydrogens (tertiary/aromatic N) is 2. The fourth-order valence-electron chi connectivity index (χ4n) is 2.43. The van der Waals surface area contributed by atoms with Crippen LogP contribution in [0.3, 0.4) is 0 Å². The maximum atomic E-state index is 13.5. The molecule has 0 radical (unpaired) electrons. The topological polar surface area (TPSA) is 44.2 Å². The molecule has 0 fully saturated rings. The molecule has 0 N–H and O–H groups in total. The summed E-state index contributed by atoms with van der Waals surface area (Å²) in [6.07, 6.45) is -3.75. The normalized spacial score (nSPS) is 11.8. The molecule has 4 nitrogen and oxygen atoms in total. The van der Waals surface area contributed by atoms with Gasteiger partial charge in [0.05, 0.1) is 29.9 Å². The van der Waals surface area contributed by atoms with Crippen LogP contribution < -0.4 is 9.47 Å². The predicted octanol–water partition coefficient (Wildman–Crippen LogP) is 4.93. The van der Waals surface area contributed by atoms with E-state index in [9.17, 15) is 22.0 Å². The monoisotopic (exact) mass is 370 g/mol. The van der Waals surface area contributed by atoms with E-state index in [4.69, 9.17) is 4.74 Å². The summed E-state index contributed by atoms with van der Waals surface area (Å²) in [5.41, 5.74) is -0.851. The van der Waals surface area contributed by atoms with Gasteiger partial charge in [-0.05, 0) is 35.4 Å². The Morgan fingerprint density at radius 3 is 2.27 bits per heavy atom. The molecule has 0 spiro atoms. The highest BCUT2D eigenvalue weighted by Gasteiger charge is 2.34. The van der Waals surface area contributed by atoms with Crippen LogP contribution >= 0.6 is 0 Å². The van der Waals surface area contributed by atoms with Gasteiger partial charge >= 0.3 is 12.8 Å². The van der Waals surface area contributed by atoms with E-state index in [0.29, 0.717) is 11.3 Å². The molecule has 0 unspecified atom stereocenters. The van der Waals surface area contributed by atoms with Crippen molar-refractivity contribution in [2.75, 3.05) is 7.11 Å². The number of rotatable bonds is 4. The second-order valence-corrected chi connectivity index (χ2v) is 5.20. The first kappa shape index (κ1) is 17.8. The van der Waals surface area contributed by atoms with Crippen molar-refractivity contribution in [2.45, 2.75) is 12.8 Å². The predicted molar refractivity (Wildman–Crippen MR) is 83.2 cm³/mol. The molecule has 26 heavy (non-hydrogen) atoms. The number of halogens is 5. The average molecular weight is 370 g/mol. The lowest BCUT2D eigenvalue weighted by molar-refractivity contribution is -0.137. The Balaban J connectivity index is 2.17. The number of fused-ring (bicyclic) bond motifs is 1. The van der Waals surface area contributed by atoms with Crippen LogP contribution in [-0.4, -0.2) is 23.7 Å². The fraction of sp³-hybridized carbons (Fsp3) is 0.176. The zero-order chi connectivity index (χ0) is 18.9. The van der Waals surface area contributed by atoms with Crippen molar-refractivity contribution in [3.05, 3.63) is 48.2 Å². The lowest BCUT2D eigenvalue weighted by Gasteiger charge is -2.15. The Bertz CT molecular complexity index is 927. The first-order valence-electron chi connectivity index (χ1n) is 7.25. The number of ether oxygens (including phenoxy) is 2. The van der Waals surface area contributed by atoms with E-state index in [0.717, 1.165) is 12.3 Å².